The molecule has 1 aromatic carbocycles. The maximum atomic E-state index is 11.8. The number of nitrogens with zero attached hydrogens (tertiary/aromatic N) is 2. The second-order valence-corrected chi connectivity index (χ2v) is 4.46. The molecule has 0 saturated carbocycles. The summed E-state index contributed by atoms with van der Waals surface area (Å²) in [6.45, 7) is 3.60. The molecular weight excluding hydrogens is 276 g/mol. The van der Waals surface area contributed by atoms with Crippen molar-refractivity contribution < 1.29 is 19.2 Å². The topological polar surface area (TPSA) is 117 Å². The first-order valence-electron chi connectivity index (χ1n) is 6.12. The summed E-state index contributed by atoms with van der Waals surface area (Å²) in [6, 6.07) is 2.75. The van der Waals surface area contributed by atoms with Crippen LogP contribution in [0.3, 0.4) is 0 Å². The van der Waals surface area contributed by atoms with E-state index in [2.05, 4.69) is 25.3 Å². The molecule has 2 rings (SSSR count). The first-order chi connectivity index (χ1) is 9.97. The largest absolute Gasteiger partial charge is 0.478 e. The zero-order chi connectivity index (χ0) is 15.4. The first-order valence-corrected chi connectivity index (χ1v) is 6.12. The summed E-state index contributed by atoms with van der Waals surface area (Å²) in [6.07, 6.45) is 1.15. The van der Waals surface area contributed by atoms with Crippen LogP contribution < -0.4 is 10.6 Å². The Morgan fingerprint density at radius 1 is 1.33 bits per heavy atom. The SMILES string of the molecule is Cc1cc(C)c(NC(=O)NCc2ncon2)c(C(=O)O)c1. The van der Waals surface area contributed by atoms with E-state index in [1.807, 2.05) is 0 Å². The van der Waals surface area contributed by atoms with Crippen LogP contribution in [0.4, 0.5) is 10.5 Å². The number of anilines is 1. The average Bonchev–Trinajstić information content (AvgIpc) is 2.92. The van der Waals surface area contributed by atoms with Crippen molar-refractivity contribution in [3.63, 3.8) is 0 Å². The number of aryl methyl sites for hydroxylation is 2. The van der Waals surface area contributed by atoms with E-state index in [0.29, 0.717) is 11.4 Å². The smallest absolute Gasteiger partial charge is 0.337 e. The molecule has 8 nitrogen and oxygen atoms in total. The van der Waals surface area contributed by atoms with Crippen LogP contribution in [-0.2, 0) is 6.54 Å². The summed E-state index contributed by atoms with van der Waals surface area (Å²) >= 11 is 0. The van der Waals surface area contributed by atoms with Crippen LogP contribution >= 0.6 is 0 Å². The highest BCUT2D eigenvalue weighted by molar-refractivity contribution is 6.01. The molecule has 0 spiro atoms. The third-order valence-corrected chi connectivity index (χ3v) is 2.76. The molecule has 0 atom stereocenters. The van der Waals surface area contributed by atoms with E-state index in [4.69, 9.17) is 0 Å². The second-order valence-electron chi connectivity index (χ2n) is 4.46. The lowest BCUT2D eigenvalue weighted by Crippen LogP contribution is -2.29. The summed E-state index contributed by atoms with van der Waals surface area (Å²) in [4.78, 5) is 26.8. The summed E-state index contributed by atoms with van der Waals surface area (Å²) in [5, 5.41) is 17.8. The molecule has 0 aliphatic rings. The maximum absolute atomic E-state index is 11.8. The monoisotopic (exact) mass is 290 g/mol. The minimum absolute atomic E-state index is 0.0437. The van der Waals surface area contributed by atoms with Crippen LogP contribution in [0.25, 0.3) is 0 Å². The lowest BCUT2D eigenvalue weighted by atomic mass is 10.0. The number of amides is 2. The van der Waals surface area contributed by atoms with Gasteiger partial charge in [-0.1, -0.05) is 11.2 Å². The quantitative estimate of drug-likeness (QED) is 0.789. The standard InChI is InChI=1S/C13H14N4O4/c1-7-3-8(2)11(9(4-7)12(18)19)16-13(20)14-5-10-15-6-21-17-10/h3-4,6H,5H2,1-2H3,(H,18,19)(H2,14,16,20). The van der Waals surface area contributed by atoms with Gasteiger partial charge in [0.15, 0.2) is 5.82 Å². The zero-order valence-electron chi connectivity index (χ0n) is 11.5. The number of carboxylic acids is 1. The number of carboxylic acid groups (broad SMARTS) is 1. The molecule has 110 valence electrons. The molecule has 0 saturated heterocycles. The van der Waals surface area contributed by atoms with Crippen molar-refractivity contribution in [3.8, 4) is 0 Å². The van der Waals surface area contributed by atoms with Crippen LogP contribution in [-0.4, -0.2) is 27.2 Å². The molecule has 1 heterocycles. The van der Waals surface area contributed by atoms with E-state index in [1.54, 1.807) is 19.9 Å². The van der Waals surface area contributed by atoms with Gasteiger partial charge >= 0.3 is 12.0 Å². The fourth-order valence-corrected chi connectivity index (χ4v) is 1.89. The molecule has 8 heteroatoms. The minimum atomic E-state index is -1.10. The van der Waals surface area contributed by atoms with Crippen molar-refractivity contribution in [1.82, 2.24) is 15.5 Å². The molecule has 0 aliphatic carbocycles. The Kier molecular flexibility index (Phi) is 4.17. The predicted octanol–water partition coefficient (Wildman–Crippen LogP) is 1.71. The van der Waals surface area contributed by atoms with Crippen LogP contribution in [0.15, 0.2) is 23.0 Å². The number of carbonyl (C=O) groups excluding carboxylic acids is 1. The van der Waals surface area contributed by atoms with Gasteiger partial charge in [-0.2, -0.15) is 4.98 Å². The van der Waals surface area contributed by atoms with Crippen molar-refractivity contribution in [2.45, 2.75) is 20.4 Å². The van der Waals surface area contributed by atoms with Crippen molar-refractivity contribution in [2.24, 2.45) is 0 Å². The van der Waals surface area contributed by atoms with Gasteiger partial charge < -0.3 is 20.3 Å². The van der Waals surface area contributed by atoms with Crippen LogP contribution in [0, 0.1) is 13.8 Å². The van der Waals surface area contributed by atoms with E-state index < -0.39 is 12.0 Å². The summed E-state index contributed by atoms with van der Waals surface area (Å²) in [5.41, 5.74) is 1.78. The van der Waals surface area contributed by atoms with E-state index in [1.165, 1.54) is 6.07 Å². The summed E-state index contributed by atoms with van der Waals surface area (Å²) in [5.74, 6) is -0.778. The molecule has 0 radical (unpaired) electrons. The van der Waals surface area contributed by atoms with Gasteiger partial charge in [0.2, 0.25) is 6.39 Å². The third kappa shape index (κ3) is 3.56. The van der Waals surface area contributed by atoms with Crippen molar-refractivity contribution >= 4 is 17.7 Å². The zero-order valence-corrected chi connectivity index (χ0v) is 11.5. The molecule has 2 aromatic rings. The number of hydrogen-bond donors (Lipinski definition) is 3. The van der Waals surface area contributed by atoms with Crippen LogP contribution in [0.1, 0.15) is 27.3 Å². The highest BCUT2D eigenvalue weighted by Gasteiger charge is 2.15. The number of aromatic nitrogens is 2. The van der Waals surface area contributed by atoms with Crippen molar-refractivity contribution in [2.75, 3.05) is 5.32 Å². The molecule has 3 N–H and O–H groups in total. The Morgan fingerprint density at radius 3 is 2.71 bits per heavy atom. The summed E-state index contributed by atoms with van der Waals surface area (Å²) < 4.78 is 4.54. The highest BCUT2D eigenvalue weighted by Crippen LogP contribution is 2.22. The minimum Gasteiger partial charge on any atom is -0.478 e. The van der Waals surface area contributed by atoms with E-state index in [0.717, 1.165) is 12.0 Å². The Labute approximate surface area is 120 Å². The van der Waals surface area contributed by atoms with E-state index >= 15 is 0 Å². The Morgan fingerprint density at radius 2 is 2.10 bits per heavy atom. The molecular formula is C13H14N4O4. The molecule has 0 fully saturated rings. The lowest BCUT2D eigenvalue weighted by Gasteiger charge is -2.13. The number of aromatic carboxylic acids is 1. The molecule has 1 aromatic heterocycles. The highest BCUT2D eigenvalue weighted by atomic mass is 16.5. The molecule has 2 amide bonds. The summed E-state index contributed by atoms with van der Waals surface area (Å²) in [7, 11) is 0. The van der Waals surface area contributed by atoms with Gasteiger partial charge in [0.25, 0.3) is 0 Å². The molecule has 0 bridgehead atoms. The maximum Gasteiger partial charge on any atom is 0.337 e. The van der Waals surface area contributed by atoms with Gasteiger partial charge in [0.05, 0.1) is 17.8 Å². The van der Waals surface area contributed by atoms with Crippen LogP contribution in [0.2, 0.25) is 0 Å². The van der Waals surface area contributed by atoms with Gasteiger partial charge in [0, 0.05) is 0 Å². The van der Waals surface area contributed by atoms with Crippen LogP contribution in [0.5, 0.6) is 0 Å². The number of carbonyl (C=O) groups is 2. The fourth-order valence-electron chi connectivity index (χ4n) is 1.89. The van der Waals surface area contributed by atoms with Crippen molar-refractivity contribution in [1.29, 1.82) is 0 Å². The molecule has 0 unspecified atom stereocenters. The Balaban J connectivity index is 2.11. The van der Waals surface area contributed by atoms with E-state index in [-0.39, 0.29) is 17.8 Å². The Bertz CT molecular complexity index is 667. The predicted molar refractivity (Wildman–Crippen MR) is 73.0 cm³/mol. The third-order valence-electron chi connectivity index (χ3n) is 2.76. The van der Waals surface area contributed by atoms with Crippen molar-refractivity contribution in [3.05, 3.63) is 41.0 Å². The fraction of sp³-hybridized carbons (Fsp3) is 0.231. The molecule has 0 aliphatic heterocycles. The average molecular weight is 290 g/mol. The van der Waals surface area contributed by atoms with E-state index in [9.17, 15) is 14.7 Å². The Hall–Kier alpha value is -2.90. The number of nitrogens with one attached hydrogen (secondary N) is 2. The number of urea groups is 1. The van der Waals surface area contributed by atoms with Gasteiger partial charge in [-0.3, -0.25) is 0 Å². The number of benzene rings is 1. The molecule has 21 heavy (non-hydrogen) atoms. The van der Waals surface area contributed by atoms with Gasteiger partial charge in [-0.25, -0.2) is 9.59 Å². The van der Waals surface area contributed by atoms with Gasteiger partial charge in [-0.15, -0.1) is 0 Å². The van der Waals surface area contributed by atoms with Gasteiger partial charge in [0.1, 0.15) is 0 Å². The normalized spacial score (nSPS) is 10.2. The lowest BCUT2D eigenvalue weighted by molar-refractivity contribution is 0.0698. The first kappa shape index (κ1) is 14.5. The second kappa shape index (κ2) is 6.04. The van der Waals surface area contributed by atoms with Gasteiger partial charge in [-0.05, 0) is 31.0 Å². The number of rotatable bonds is 4. The number of hydrogen-bond acceptors (Lipinski definition) is 5.